The largest absolute Gasteiger partial charge is 0.338 e. The van der Waals surface area contributed by atoms with Crippen LogP contribution in [0.1, 0.15) is 23.2 Å². The van der Waals surface area contributed by atoms with Gasteiger partial charge in [-0.2, -0.15) is 0 Å². The molecule has 0 spiro atoms. The molecule has 150 valence electrons. The number of hydrogen-bond donors (Lipinski definition) is 1. The number of hydrogen-bond acceptors (Lipinski definition) is 5. The SMILES string of the molecule is O=C(NS(=O)(=O)c1cc(Cl)sc1Cl)C1CCCN(C(=O)c2ccc(F)cc2)C1. The van der Waals surface area contributed by atoms with Crippen molar-refractivity contribution in [2.75, 3.05) is 13.1 Å². The number of carbonyl (C=O) groups excluding carboxylic acids is 2. The second-order valence-corrected chi connectivity index (χ2v) is 10.2. The summed E-state index contributed by atoms with van der Waals surface area (Å²) in [6.07, 6.45) is 0.975. The molecular formula is C17H15Cl2FN2O4S2. The van der Waals surface area contributed by atoms with E-state index in [1.165, 1.54) is 35.2 Å². The Balaban J connectivity index is 1.69. The van der Waals surface area contributed by atoms with Crippen LogP contribution in [0, 0.1) is 11.7 Å². The van der Waals surface area contributed by atoms with Crippen LogP contribution in [0.5, 0.6) is 0 Å². The first-order valence-corrected chi connectivity index (χ1v) is 11.3. The molecule has 0 bridgehead atoms. The Labute approximate surface area is 175 Å². The minimum atomic E-state index is -4.16. The average molecular weight is 465 g/mol. The summed E-state index contributed by atoms with van der Waals surface area (Å²) in [6, 6.07) is 6.28. The Kier molecular flexibility index (Phi) is 6.28. The van der Waals surface area contributed by atoms with E-state index in [1.807, 2.05) is 4.72 Å². The van der Waals surface area contributed by atoms with Crippen molar-refractivity contribution in [3.8, 4) is 0 Å². The van der Waals surface area contributed by atoms with Gasteiger partial charge in [0.25, 0.3) is 15.9 Å². The van der Waals surface area contributed by atoms with Gasteiger partial charge in [-0.25, -0.2) is 17.5 Å². The summed E-state index contributed by atoms with van der Waals surface area (Å²) in [5, 5.41) is 0. The van der Waals surface area contributed by atoms with Crippen molar-refractivity contribution in [1.29, 1.82) is 0 Å². The van der Waals surface area contributed by atoms with Gasteiger partial charge in [-0.05, 0) is 43.2 Å². The van der Waals surface area contributed by atoms with Crippen molar-refractivity contribution < 1.29 is 22.4 Å². The molecule has 0 radical (unpaired) electrons. The third-order valence-electron chi connectivity index (χ3n) is 4.32. The molecule has 0 aliphatic carbocycles. The van der Waals surface area contributed by atoms with Crippen LogP contribution < -0.4 is 4.72 Å². The molecular weight excluding hydrogens is 450 g/mol. The Morgan fingerprint density at radius 1 is 1.21 bits per heavy atom. The van der Waals surface area contributed by atoms with Crippen LogP contribution in [-0.2, 0) is 14.8 Å². The highest BCUT2D eigenvalue weighted by Crippen LogP contribution is 2.34. The fraction of sp³-hybridized carbons (Fsp3) is 0.294. The van der Waals surface area contributed by atoms with Crippen LogP contribution in [0.3, 0.4) is 0 Å². The fourth-order valence-electron chi connectivity index (χ4n) is 2.93. The molecule has 1 aromatic carbocycles. The number of sulfonamides is 1. The van der Waals surface area contributed by atoms with Gasteiger partial charge in [0, 0.05) is 18.7 Å². The fourth-order valence-corrected chi connectivity index (χ4v) is 6.12. The minimum Gasteiger partial charge on any atom is -0.338 e. The van der Waals surface area contributed by atoms with Crippen molar-refractivity contribution in [3.05, 3.63) is 50.4 Å². The molecule has 6 nitrogen and oxygen atoms in total. The Morgan fingerprint density at radius 2 is 1.89 bits per heavy atom. The lowest BCUT2D eigenvalue weighted by molar-refractivity contribution is -0.124. The van der Waals surface area contributed by atoms with E-state index >= 15 is 0 Å². The second-order valence-electron chi connectivity index (χ2n) is 6.26. The zero-order valence-electron chi connectivity index (χ0n) is 14.3. The van der Waals surface area contributed by atoms with E-state index in [0.717, 1.165) is 11.3 Å². The van der Waals surface area contributed by atoms with Crippen LogP contribution in [0.2, 0.25) is 8.67 Å². The number of halogens is 3. The zero-order chi connectivity index (χ0) is 20.5. The molecule has 1 aromatic heterocycles. The quantitative estimate of drug-likeness (QED) is 0.749. The average Bonchev–Trinajstić information content (AvgIpc) is 3.00. The smallest absolute Gasteiger partial charge is 0.266 e. The molecule has 1 atom stereocenters. The first-order chi connectivity index (χ1) is 13.2. The maximum Gasteiger partial charge on any atom is 0.266 e. The summed E-state index contributed by atoms with van der Waals surface area (Å²) in [7, 11) is -4.16. The number of nitrogens with one attached hydrogen (secondary N) is 1. The van der Waals surface area contributed by atoms with Gasteiger partial charge in [0.2, 0.25) is 5.91 Å². The molecule has 2 heterocycles. The first-order valence-electron chi connectivity index (χ1n) is 8.23. The normalized spacial score (nSPS) is 17.4. The molecule has 3 rings (SSSR count). The van der Waals surface area contributed by atoms with Crippen molar-refractivity contribution >= 4 is 56.4 Å². The maximum atomic E-state index is 13.0. The van der Waals surface area contributed by atoms with Gasteiger partial charge in [0.15, 0.2) is 0 Å². The predicted octanol–water partition coefficient (Wildman–Crippen LogP) is 3.55. The summed E-state index contributed by atoms with van der Waals surface area (Å²) >= 11 is 12.5. The highest BCUT2D eigenvalue weighted by molar-refractivity contribution is 7.90. The van der Waals surface area contributed by atoms with E-state index < -0.39 is 27.7 Å². The molecule has 2 aromatic rings. The van der Waals surface area contributed by atoms with Gasteiger partial charge in [0.1, 0.15) is 15.0 Å². The van der Waals surface area contributed by atoms with Gasteiger partial charge < -0.3 is 4.90 Å². The summed E-state index contributed by atoms with van der Waals surface area (Å²) in [6.45, 7) is 0.494. The lowest BCUT2D eigenvalue weighted by Gasteiger charge is -2.32. The van der Waals surface area contributed by atoms with Crippen molar-refractivity contribution in [3.63, 3.8) is 0 Å². The number of amides is 2. The monoisotopic (exact) mass is 464 g/mol. The maximum absolute atomic E-state index is 13.0. The second kappa shape index (κ2) is 8.36. The van der Waals surface area contributed by atoms with E-state index in [9.17, 15) is 22.4 Å². The van der Waals surface area contributed by atoms with Gasteiger partial charge in [-0.3, -0.25) is 9.59 Å². The number of rotatable bonds is 4. The van der Waals surface area contributed by atoms with Crippen LogP contribution in [0.25, 0.3) is 0 Å². The summed E-state index contributed by atoms with van der Waals surface area (Å²) in [5.41, 5.74) is 0.301. The first kappa shape index (κ1) is 21.0. The van der Waals surface area contributed by atoms with Crippen LogP contribution in [-0.4, -0.2) is 38.2 Å². The number of piperidine rings is 1. The third kappa shape index (κ3) is 4.65. The summed E-state index contributed by atoms with van der Waals surface area (Å²) < 4.78 is 40.0. The lowest BCUT2D eigenvalue weighted by Crippen LogP contribution is -2.46. The topological polar surface area (TPSA) is 83.6 Å². The molecule has 28 heavy (non-hydrogen) atoms. The molecule has 11 heteroatoms. The van der Waals surface area contributed by atoms with E-state index in [1.54, 1.807) is 0 Å². The molecule has 1 N–H and O–H groups in total. The van der Waals surface area contributed by atoms with Gasteiger partial charge in [0.05, 0.1) is 10.3 Å². The Hall–Kier alpha value is -1.68. The zero-order valence-corrected chi connectivity index (χ0v) is 17.5. The predicted molar refractivity (Wildman–Crippen MR) is 105 cm³/mol. The van der Waals surface area contributed by atoms with Crippen molar-refractivity contribution in [1.82, 2.24) is 9.62 Å². The van der Waals surface area contributed by atoms with E-state index in [2.05, 4.69) is 0 Å². The summed E-state index contributed by atoms with van der Waals surface area (Å²) in [4.78, 5) is 26.3. The number of thiophene rings is 1. The summed E-state index contributed by atoms with van der Waals surface area (Å²) in [5.74, 6) is -2.20. The highest BCUT2D eigenvalue weighted by atomic mass is 35.5. The van der Waals surface area contributed by atoms with Crippen molar-refractivity contribution in [2.24, 2.45) is 5.92 Å². The van der Waals surface area contributed by atoms with Crippen LogP contribution >= 0.6 is 34.5 Å². The number of carbonyl (C=O) groups is 2. The van der Waals surface area contributed by atoms with Gasteiger partial charge in [-0.1, -0.05) is 23.2 Å². The molecule has 1 aliphatic rings. The number of benzene rings is 1. The molecule has 1 unspecified atom stereocenters. The number of likely N-dealkylation sites (tertiary alicyclic amines) is 1. The van der Waals surface area contributed by atoms with Gasteiger partial charge >= 0.3 is 0 Å². The van der Waals surface area contributed by atoms with Gasteiger partial charge in [-0.15, -0.1) is 11.3 Å². The molecule has 1 saturated heterocycles. The standard InChI is InChI=1S/C17H15Cl2FN2O4S2/c18-14-8-13(15(19)27-14)28(25,26)21-16(23)11-2-1-7-22(9-11)17(24)10-3-5-12(20)6-4-10/h3-6,8,11H,1-2,7,9H2,(H,21,23). The third-order valence-corrected chi connectivity index (χ3v) is 7.42. The van der Waals surface area contributed by atoms with E-state index in [-0.39, 0.29) is 26.0 Å². The highest BCUT2D eigenvalue weighted by Gasteiger charge is 2.32. The molecule has 0 saturated carbocycles. The van der Waals surface area contributed by atoms with Crippen molar-refractivity contribution in [2.45, 2.75) is 17.7 Å². The van der Waals surface area contributed by atoms with Crippen LogP contribution in [0.15, 0.2) is 35.2 Å². The van der Waals surface area contributed by atoms with E-state index in [4.69, 9.17) is 23.2 Å². The molecule has 2 amide bonds. The number of nitrogens with zero attached hydrogens (tertiary/aromatic N) is 1. The Morgan fingerprint density at radius 3 is 2.50 bits per heavy atom. The van der Waals surface area contributed by atoms with Crippen LogP contribution in [0.4, 0.5) is 4.39 Å². The molecule has 1 aliphatic heterocycles. The Bertz CT molecular complexity index is 1010. The minimum absolute atomic E-state index is 0.0398. The van der Waals surface area contributed by atoms with E-state index in [0.29, 0.717) is 24.9 Å². The molecule has 1 fully saturated rings. The lowest BCUT2D eigenvalue weighted by atomic mass is 9.97.